The monoisotopic (exact) mass is 588 g/mol. The molecule has 0 aliphatic heterocycles. The number of hydrogen-bond donors (Lipinski definition) is 1. The van der Waals surface area contributed by atoms with Gasteiger partial charge in [-0.1, -0.05) is 82.7 Å². The first kappa shape index (κ1) is 26.7. The number of benzene rings is 5. The molecule has 6 heteroatoms. The van der Waals surface area contributed by atoms with Crippen molar-refractivity contribution in [1.29, 1.82) is 5.26 Å². The summed E-state index contributed by atoms with van der Waals surface area (Å²) in [4.78, 5) is 13.0. The number of fused-ring (bicyclic) bond motifs is 1. The SMILES string of the molecule is N#C/C(=C\c1cc(Br)ccc1OCc1ccc2ccccc2c1)C(=O)Nc1ccc(OCc2ccccc2)cc1. The largest absolute Gasteiger partial charge is 0.489 e. The van der Waals surface area contributed by atoms with Crippen LogP contribution in [-0.2, 0) is 18.0 Å². The first-order chi connectivity index (χ1) is 19.6. The molecule has 1 amide bonds. The molecular weight excluding hydrogens is 564 g/mol. The number of carbonyl (C=O) groups is 1. The minimum absolute atomic E-state index is 0.0435. The molecule has 0 radical (unpaired) electrons. The van der Waals surface area contributed by atoms with Crippen LogP contribution in [0, 0.1) is 11.3 Å². The minimum atomic E-state index is -0.513. The second-order valence-electron chi connectivity index (χ2n) is 9.07. The zero-order valence-electron chi connectivity index (χ0n) is 21.5. The number of halogens is 1. The molecule has 0 atom stereocenters. The van der Waals surface area contributed by atoms with E-state index in [1.807, 2.05) is 72.8 Å². The summed E-state index contributed by atoms with van der Waals surface area (Å²) in [6.07, 6.45) is 1.53. The number of nitriles is 1. The third-order valence-electron chi connectivity index (χ3n) is 6.21. The molecule has 0 bridgehead atoms. The molecule has 0 aliphatic carbocycles. The number of hydrogen-bond acceptors (Lipinski definition) is 4. The number of anilines is 1. The van der Waals surface area contributed by atoms with Gasteiger partial charge in [0.05, 0.1) is 0 Å². The molecule has 0 aliphatic rings. The molecule has 0 fully saturated rings. The van der Waals surface area contributed by atoms with E-state index in [9.17, 15) is 10.1 Å². The summed E-state index contributed by atoms with van der Waals surface area (Å²) in [5, 5.41) is 14.9. The molecule has 0 saturated heterocycles. The first-order valence-corrected chi connectivity index (χ1v) is 13.5. The van der Waals surface area contributed by atoms with E-state index in [1.165, 1.54) is 6.08 Å². The Morgan fingerprint density at radius 2 is 1.50 bits per heavy atom. The second-order valence-corrected chi connectivity index (χ2v) is 9.99. The summed E-state index contributed by atoms with van der Waals surface area (Å²) in [6, 6.07) is 38.8. The Kier molecular flexibility index (Phi) is 8.55. The van der Waals surface area contributed by atoms with E-state index in [1.54, 1.807) is 24.3 Å². The molecule has 5 nitrogen and oxygen atoms in total. The van der Waals surface area contributed by atoms with E-state index in [0.717, 1.165) is 26.4 Å². The average molecular weight is 589 g/mol. The second kappa shape index (κ2) is 12.8. The van der Waals surface area contributed by atoms with Crippen molar-refractivity contribution in [2.75, 3.05) is 5.32 Å². The Morgan fingerprint density at radius 3 is 2.27 bits per heavy atom. The van der Waals surface area contributed by atoms with E-state index in [0.29, 0.717) is 36.0 Å². The summed E-state index contributed by atoms with van der Waals surface area (Å²) >= 11 is 3.48. The van der Waals surface area contributed by atoms with E-state index in [2.05, 4.69) is 45.5 Å². The quantitative estimate of drug-likeness (QED) is 0.139. The predicted octanol–water partition coefficient (Wildman–Crippen LogP) is 8.31. The third-order valence-corrected chi connectivity index (χ3v) is 6.70. The van der Waals surface area contributed by atoms with Crippen molar-refractivity contribution in [3.8, 4) is 17.6 Å². The molecule has 5 aromatic rings. The Labute approximate surface area is 241 Å². The van der Waals surface area contributed by atoms with Gasteiger partial charge >= 0.3 is 0 Å². The van der Waals surface area contributed by atoms with Crippen molar-refractivity contribution in [1.82, 2.24) is 0 Å². The first-order valence-electron chi connectivity index (χ1n) is 12.7. The molecule has 1 N–H and O–H groups in total. The van der Waals surface area contributed by atoms with Gasteiger partial charge in [0.15, 0.2) is 0 Å². The van der Waals surface area contributed by atoms with Crippen LogP contribution < -0.4 is 14.8 Å². The lowest BCUT2D eigenvalue weighted by Gasteiger charge is -2.11. The van der Waals surface area contributed by atoms with Crippen LogP contribution in [0.1, 0.15) is 16.7 Å². The Bertz CT molecular complexity index is 1710. The summed E-state index contributed by atoms with van der Waals surface area (Å²) in [5.74, 6) is 0.734. The molecule has 0 unspecified atom stereocenters. The van der Waals surface area contributed by atoms with E-state index in [-0.39, 0.29) is 5.57 Å². The van der Waals surface area contributed by atoms with Gasteiger partial charge in [0.1, 0.15) is 36.4 Å². The fourth-order valence-corrected chi connectivity index (χ4v) is 4.51. The van der Waals surface area contributed by atoms with Crippen LogP contribution in [0.3, 0.4) is 0 Å². The van der Waals surface area contributed by atoms with E-state index < -0.39 is 5.91 Å². The van der Waals surface area contributed by atoms with Crippen molar-refractivity contribution in [3.05, 3.63) is 142 Å². The highest BCUT2D eigenvalue weighted by Crippen LogP contribution is 2.27. The van der Waals surface area contributed by atoms with Gasteiger partial charge in [-0.05, 0) is 76.5 Å². The molecule has 0 aromatic heterocycles. The molecule has 40 heavy (non-hydrogen) atoms. The highest BCUT2D eigenvalue weighted by atomic mass is 79.9. The third kappa shape index (κ3) is 6.96. The highest BCUT2D eigenvalue weighted by Gasteiger charge is 2.13. The van der Waals surface area contributed by atoms with Gasteiger partial charge in [-0.15, -0.1) is 0 Å². The molecule has 196 valence electrons. The Balaban J connectivity index is 1.26. The van der Waals surface area contributed by atoms with Crippen LogP contribution in [0.4, 0.5) is 5.69 Å². The topological polar surface area (TPSA) is 71.3 Å². The van der Waals surface area contributed by atoms with Gasteiger partial charge in [-0.3, -0.25) is 4.79 Å². The van der Waals surface area contributed by atoms with Gasteiger partial charge in [-0.25, -0.2) is 0 Å². The lowest BCUT2D eigenvalue weighted by atomic mass is 10.1. The number of ether oxygens (including phenoxy) is 2. The number of rotatable bonds is 9. The molecule has 0 saturated carbocycles. The van der Waals surface area contributed by atoms with Gasteiger partial charge in [0.2, 0.25) is 0 Å². The zero-order valence-corrected chi connectivity index (χ0v) is 23.1. The number of carbonyl (C=O) groups excluding carboxylic acids is 1. The van der Waals surface area contributed by atoms with Crippen LogP contribution >= 0.6 is 15.9 Å². The van der Waals surface area contributed by atoms with Crippen molar-refractivity contribution in [2.24, 2.45) is 0 Å². The molecular formula is C34H25BrN2O3. The zero-order chi connectivity index (χ0) is 27.7. The van der Waals surface area contributed by atoms with Crippen LogP contribution in [0.25, 0.3) is 16.8 Å². The van der Waals surface area contributed by atoms with Crippen molar-refractivity contribution in [2.45, 2.75) is 13.2 Å². The van der Waals surface area contributed by atoms with E-state index in [4.69, 9.17) is 9.47 Å². The van der Waals surface area contributed by atoms with Crippen molar-refractivity contribution < 1.29 is 14.3 Å². The summed E-state index contributed by atoms with van der Waals surface area (Å²) in [6.45, 7) is 0.797. The molecule has 5 rings (SSSR count). The number of nitrogens with one attached hydrogen (secondary N) is 1. The van der Waals surface area contributed by atoms with Crippen LogP contribution in [0.2, 0.25) is 0 Å². The predicted molar refractivity (Wildman–Crippen MR) is 162 cm³/mol. The van der Waals surface area contributed by atoms with Gasteiger partial charge in [0, 0.05) is 15.7 Å². The van der Waals surface area contributed by atoms with Crippen molar-refractivity contribution in [3.63, 3.8) is 0 Å². The van der Waals surface area contributed by atoms with Crippen LogP contribution in [-0.4, -0.2) is 5.91 Å². The Morgan fingerprint density at radius 1 is 0.775 bits per heavy atom. The molecule has 0 spiro atoms. The normalized spacial score (nSPS) is 11.1. The standard InChI is InChI=1S/C34H25BrN2O3/c35-30-12-17-33(40-23-25-10-11-26-8-4-5-9-27(26)18-25)28(20-30)19-29(21-36)34(38)37-31-13-15-32(16-14-31)39-22-24-6-2-1-3-7-24/h1-20H,22-23H2,(H,37,38)/b29-19+. The lowest BCUT2D eigenvalue weighted by Crippen LogP contribution is -2.13. The number of nitrogens with zero attached hydrogens (tertiary/aromatic N) is 1. The average Bonchev–Trinajstić information content (AvgIpc) is 2.99. The molecule has 0 heterocycles. The van der Waals surface area contributed by atoms with Gasteiger partial charge in [0.25, 0.3) is 5.91 Å². The maximum Gasteiger partial charge on any atom is 0.266 e. The summed E-state index contributed by atoms with van der Waals surface area (Å²) in [5.41, 5.74) is 3.22. The molecule has 5 aromatic carbocycles. The minimum Gasteiger partial charge on any atom is -0.489 e. The Hall–Kier alpha value is -4.86. The highest BCUT2D eigenvalue weighted by molar-refractivity contribution is 9.10. The lowest BCUT2D eigenvalue weighted by molar-refractivity contribution is -0.112. The smallest absolute Gasteiger partial charge is 0.266 e. The maximum absolute atomic E-state index is 13.0. The summed E-state index contributed by atoms with van der Waals surface area (Å²) in [7, 11) is 0. The summed E-state index contributed by atoms with van der Waals surface area (Å²) < 4.78 is 12.7. The van der Waals surface area contributed by atoms with Gasteiger partial charge in [-0.2, -0.15) is 5.26 Å². The number of amides is 1. The fraction of sp³-hybridized carbons (Fsp3) is 0.0588. The van der Waals surface area contributed by atoms with E-state index >= 15 is 0 Å². The van der Waals surface area contributed by atoms with Crippen molar-refractivity contribution >= 4 is 44.4 Å². The fourth-order valence-electron chi connectivity index (χ4n) is 4.13. The maximum atomic E-state index is 13.0. The van der Waals surface area contributed by atoms with Gasteiger partial charge < -0.3 is 14.8 Å². The van der Waals surface area contributed by atoms with Crippen LogP contribution in [0.5, 0.6) is 11.5 Å². The van der Waals surface area contributed by atoms with Crippen LogP contribution in [0.15, 0.2) is 125 Å².